The lowest BCUT2D eigenvalue weighted by Gasteiger charge is -2.14. The van der Waals surface area contributed by atoms with Gasteiger partial charge in [0.25, 0.3) is 5.91 Å². The van der Waals surface area contributed by atoms with Crippen LogP contribution in [-0.4, -0.2) is 47.3 Å². The minimum absolute atomic E-state index is 0.118. The van der Waals surface area contributed by atoms with Crippen LogP contribution in [0.3, 0.4) is 0 Å². The van der Waals surface area contributed by atoms with Crippen LogP contribution in [0.4, 0.5) is 0 Å². The second kappa shape index (κ2) is 6.84. The van der Waals surface area contributed by atoms with Crippen LogP contribution in [0.2, 0.25) is 0 Å². The van der Waals surface area contributed by atoms with E-state index in [4.69, 9.17) is 4.42 Å². The topological polar surface area (TPSA) is 88.3 Å². The number of aryl methyl sites for hydroxylation is 1. The summed E-state index contributed by atoms with van der Waals surface area (Å²) in [6, 6.07) is 3.60. The number of amides is 2. The molecule has 0 atom stereocenters. The van der Waals surface area contributed by atoms with Crippen molar-refractivity contribution < 1.29 is 14.0 Å². The van der Waals surface area contributed by atoms with E-state index in [9.17, 15) is 9.59 Å². The van der Waals surface area contributed by atoms with Gasteiger partial charge in [-0.3, -0.25) is 14.6 Å². The Kier molecular flexibility index (Phi) is 4.88. The first-order chi connectivity index (χ1) is 10.5. The third-order valence-electron chi connectivity index (χ3n) is 3.17. The molecule has 2 aromatic rings. The van der Waals surface area contributed by atoms with Gasteiger partial charge in [-0.25, -0.2) is 4.98 Å². The maximum Gasteiger partial charge on any atom is 0.275 e. The minimum atomic E-state index is -0.287. The molecule has 2 heterocycles. The molecule has 7 heteroatoms. The lowest BCUT2D eigenvalue weighted by atomic mass is 10.2. The molecule has 2 aromatic heterocycles. The van der Waals surface area contributed by atoms with Crippen LogP contribution in [0.25, 0.3) is 11.5 Å². The summed E-state index contributed by atoms with van der Waals surface area (Å²) >= 11 is 0. The zero-order valence-electron chi connectivity index (χ0n) is 12.8. The van der Waals surface area contributed by atoms with E-state index in [0.717, 1.165) is 11.3 Å². The molecule has 22 heavy (non-hydrogen) atoms. The zero-order valence-corrected chi connectivity index (χ0v) is 12.8. The van der Waals surface area contributed by atoms with E-state index in [1.165, 1.54) is 11.2 Å². The second-order valence-corrected chi connectivity index (χ2v) is 4.87. The summed E-state index contributed by atoms with van der Waals surface area (Å²) in [6.07, 6.45) is 3.22. The van der Waals surface area contributed by atoms with Gasteiger partial charge in [0.2, 0.25) is 11.8 Å². The molecule has 0 spiro atoms. The van der Waals surface area contributed by atoms with Crippen molar-refractivity contribution >= 4 is 11.8 Å². The van der Waals surface area contributed by atoms with E-state index in [0.29, 0.717) is 12.4 Å². The van der Waals surface area contributed by atoms with Gasteiger partial charge in [-0.15, -0.1) is 0 Å². The van der Waals surface area contributed by atoms with Crippen LogP contribution in [-0.2, 0) is 4.79 Å². The summed E-state index contributed by atoms with van der Waals surface area (Å²) in [6.45, 7) is 2.18. The first-order valence-corrected chi connectivity index (χ1v) is 6.86. The highest BCUT2D eigenvalue weighted by Gasteiger charge is 2.18. The number of hydrogen-bond donors (Lipinski definition) is 1. The lowest BCUT2D eigenvalue weighted by Crippen LogP contribution is -2.31. The molecular formula is C15H18N4O3. The van der Waals surface area contributed by atoms with Crippen molar-refractivity contribution in [2.45, 2.75) is 13.3 Å². The summed E-state index contributed by atoms with van der Waals surface area (Å²) in [5.74, 6) is -0.0361. The number of pyridine rings is 1. The van der Waals surface area contributed by atoms with Gasteiger partial charge in [-0.1, -0.05) is 0 Å². The van der Waals surface area contributed by atoms with E-state index >= 15 is 0 Å². The molecule has 0 saturated carbocycles. The molecule has 0 fully saturated rings. The Balaban J connectivity index is 2.07. The molecule has 7 nitrogen and oxygen atoms in total. The first kappa shape index (κ1) is 15.7. The van der Waals surface area contributed by atoms with Crippen molar-refractivity contribution in [3.8, 4) is 11.5 Å². The Bertz CT molecular complexity index is 681. The van der Waals surface area contributed by atoms with Crippen molar-refractivity contribution in [1.29, 1.82) is 0 Å². The van der Waals surface area contributed by atoms with E-state index in [1.54, 1.807) is 26.4 Å². The summed E-state index contributed by atoms with van der Waals surface area (Å²) in [5, 5.41) is 2.51. The van der Waals surface area contributed by atoms with E-state index in [1.807, 2.05) is 13.0 Å². The molecule has 1 N–H and O–H groups in total. The molecule has 0 saturated heterocycles. The molecule has 0 aliphatic rings. The van der Waals surface area contributed by atoms with E-state index in [-0.39, 0.29) is 23.9 Å². The highest BCUT2D eigenvalue weighted by Crippen LogP contribution is 2.19. The van der Waals surface area contributed by atoms with Gasteiger partial charge < -0.3 is 14.6 Å². The summed E-state index contributed by atoms with van der Waals surface area (Å²) in [4.78, 5) is 33.2. The smallest absolute Gasteiger partial charge is 0.275 e. The number of nitrogens with one attached hydrogen (secondary N) is 1. The molecule has 0 bridgehead atoms. The van der Waals surface area contributed by atoms with Crippen molar-refractivity contribution in [2.75, 3.05) is 20.6 Å². The Labute approximate surface area is 128 Å². The number of aromatic nitrogens is 2. The minimum Gasteiger partial charge on any atom is -0.444 e. The number of oxazole rings is 1. The van der Waals surface area contributed by atoms with Crippen LogP contribution in [0.15, 0.2) is 29.0 Å². The van der Waals surface area contributed by atoms with Crippen LogP contribution < -0.4 is 5.32 Å². The molecule has 0 aromatic carbocycles. The maximum atomic E-state index is 12.2. The quantitative estimate of drug-likeness (QED) is 0.898. The van der Waals surface area contributed by atoms with E-state index < -0.39 is 0 Å². The second-order valence-electron chi connectivity index (χ2n) is 4.87. The highest BCUT2D eigenvalue weighted by atomic mass is 16.3. The maximum absolute atomic E-state index is 12.2. The van der Waals surface area contributed by atoms with Gasteiger partial charge in [-0.2, -0.15) is 0 Å². The average Bonchev–Trinajstić information content (AvgIpc) is 3.01. The standard InChI is InChI=1S/C15H18N4O3/c1-10-8-11(4-6-17-10)14-18-12(9-22-14)15(21)19(3)7-5-13(20)16-2/h4,6,8-9H,5,7H2,1-3H3,(H,16,20). The number of carbonyl (C=O) groups is 2. The third-order valence-corrected chi connectivity index (χ3v) is 3.17. The molecule has 116 valence electrons. The number of rotatable bonds is 5. The highest BCUT2D eigenvalue weighted by molar-refractivity contribution is 5.92. The van der Waals surface area contributed by atoms with Crippen LogP contribution in [0, 0.1) is 6.92 Å². The first-order valence-electron chi connectivity index (χ1n) is 6.86. The Morgan fingerprint density at radius 2 is 2.18 bits per heavy atom. The SMILES string of the molecule is CNC(=O)CCN(C)C(=O)c1coc(-c2ccnc(C)c2)n1. The van der Waals surface area contributed by atoms with Crippen molar-refractivity contribution in [3.63, 3.8) is 0 Å². The number of hydrogen-bond acceptors (Lipinski definition) is 5. The fourth-order valence-electron chi connectivity index (χ4n) is 1.87. The number of carbonyl (C=O) groups excluding carboxylic acids is 2. The predicted octanol–water partition coefficient (Wildman–Crippen LogP) is 1.25. The van der Waals surface area contributed by atoms with Crippen molar-refractivity contribution in [3.05, 3.63) is 36.0 Å². The fraction of sp³-hybridized carbons (Fsp3) is 0.333. The molecule has 0 radical (unpaired) electrons. The van der Waals surface area contributed by atoms with Gasteiger partial charge >= 0.3 is 0 Å². The number of nitrogens with zero attached hydrogens (tertiary/aromatic N) is 3. The molecule has 0 aliphatic heterocycles. The van der Waals surface area contributed by atoms with Gasteiger partial charge in [0.15, 0.2) is 5.69 Å². The van der Waals surface area contributed by atoms with Crippen LogP contribution in [0.5, 0.6) is 0 Å². The largest absolute Gasteiger partial charge is 0.444 e. The van der Waals surface area contributed by atoms with Crippen LogP contribution >= 0.6 is 0 Å². The van der Waals surface area contributed by atoms with Crippen molar-refractivity contribution in [1.82, 2.24) is 20.2 Å². The van der Waals surface area contributed by atoms with Gasteiger partial charge in [-0.05, 0) is 19.1 Å². The van der Waals surface area contributed by atoms with Gasteiger partial charge in [0.1, 0.15) is 6.26 Å². The average molecular weight is 302 g/mol. The molecule has 2 rings (SSSR count). The summed E-state index contributed by atoms with van der Waals surface area (Å²) in [7, 11) is 3.18. The van der Waals surface area contributed by atoms with Gasteiger partial charge in [0, 0.05) is 44.5 Å². The monoisotopic (exact) mass is 302 g/mol. The molecular weight excluding hydrogens is 284 g/mol. The Hall–Kier alpha value is -2.70. The summed E-state index contributed by atoms with van der Waals surface area (Å²) in [5.41, 5.74) is 1.81. The third kappa shape index (κ3) is 3.69. The Morgan fingerprint density at radius 1 is 1.41 bits per heavy atom. The summed E-state index contributed by atoms with van der Waals surface area (Å²) < 4.78 is 5.36. The normalized spacial score (nSPS) is 10.3. The van der Waals surface area contributed by atoms with Gasteiger partial charge in [0.05, 0.1) is 0 Å². The predicted molar refractivity (Wildman–Crippen MR) is 80.1 cm³/mol. The fourth-order valence-corrected chi connectivity index (χ4v) is 1.87. The molecule has 2 amide bonds. The van der Waals surface area contributed by atoms with E-state index in [2.05, 4.69) is 15.3 Å². The van der Waals surface area contributed by atoms with Crippen molar-refractivity contribution in [2.24, 2.45) is 0 Å². The van der Waals surface area contributed by atoms with Crippen LogP contribution in [0.1, 0.15) is 22.6 Å². The Morgan fingerprint density at radius 3 is 2.86 bits per heavy atom. The molecule has 0 aliphatic carbocycles. The molecule has 0 unspecified atom stereocenters. The zero-order chi connectivity index (χ0) is 16.1. The lowest BCUT2D eigenvalue weighted by molar-refractivity contribution is -0.120.